The van der Waals surface area contributed by atoms with Gasteiger partial charge in [-0.25, -0.2) is 0 Å². The first kappa shape index (κ1) is 14.5. The zero-order valence-electron chi connectivity index (χ0n) is 10.4. The molecule has 0 aromatic heterocycles. The van der Waals surface area contributed by atoms with Crippen molar-refractivity contribution in [3.05, 3.63) is 34.3 Å². The predicted molar refractivity (Wildman–Crippen MR) is 81.1 cm³/mol. The Labute approximate surface area is 118 Å². The van der Waals surface area contributed by atoms with Gasteiger partial charge in [-0.2, -0.15) is 0 Å². The number of hydrogen-bond acceptors (Lipinski definition) is 1. The van der Waals surface area contributed by atoms with Crippen molar-refractivity contribution in [1.82, 2.24) is 10.2 Å². The third-order valence-corrected chi connectivity index (χ3v) is 3.75. The summed E-state index contributed by atoms with van der Waals surface area (Å²) >= 11 is 8.88. The number of nitrogens with zero attached hydrogens (tertiary/aromatic N) is 1. The van der Waals surface area contributed by atoms with Crippen molar-refractivity contribution in [3.8, 4) is 0 Å². The minimum atomic E-state index is 0.814. The normalized spacial score (nSPS) is 10.1. The maximum Gasteiger partial charge on any atom is 0.168 e. The lowest BCUT2D eigenvalue weighted by atomic mass is 10.2. The third kappa shape index (κ3) is 5.04. The van der Waals surface area contributed by atoms with Gasteiger partial charge in [-0.05, 0) is 30.3 Å². The molecule has 0 aliphatic rings. The van der Waals surface area contributed by atoms with E-state index in [9.17, 15) is 0 Å². The van der Waals surface area contributed by atoms with Crippen LogP contribution in [0.3, 0.4) is 0 Å². The molecule has 0 fully saturated rings. The molecule has 1 rings (SSSR count). The fourth-order valence-electron chi connectivity index (χ4n) is 1.46. The number of thiocarbonyl (C=S) groups is 1. The summed E-state index contributed by atoms with van der Waals surface area (Å²) in [6.45, 7) is 3.95. The van der Waals surface area contributed by atoms with Crippen LogP contribution in [0.25, 0.3) is 0 Å². The summed E-state index contributed by atoms with van der Waals surface area (Å²) in [6.07, 6.45) is 2.34. The van der Waals surface area contributed by atoms with Crippen LogP contribution in [0, 0.1) is 0 Å². The molecule has 0 saturated heterocycles. The Morgan fingerprint density at radius 2 is 2.12 bits per heavy atom. The van der Waals surface area contributed by atoms with Gasteiger partial charge in [-0.1, -0.05) is 47.5 Å². The molecule has 0 amide bonds. The quantitative estimate of drug-likeness (QED) is 0.661. The first-order chi connectivity index (χ1) is 8.15. The Morgan fingerprint density at radius 3 is 2.76 bits per heavy atom. The highest BCUT2D eigenvalue weighted by atomic mass is 79.9. The lowest BCUT2D eigenvalue weighted by Crippen LogP contribution is -2.37. The average Bonchev–Trinajstić information content (AvgIpc) is 2.32. The molecule has 0 unspecified atom stereocenters. The van der Waals surface area contributed by atoms with E-state index in [4.69, 9.17) is 12.2 Å². The highest BCUT2D eigenvalue weighted by molar-refractivity contribution is 9.10. The van der Waals surface area contributed by atoms with E-state index in [-0.39, 0.29) is 0 Å². The molecule has 0 atom stereocenters. The molecule has 2 nitrogen and oxygen atoms in total. The Balaban J connectivity index is 2.46. The number of nitrogens with one attached hydrogen (secondary N) is 1. The van der Waals surface area contributed by atoms with E-state index in [0.717, 1.165) is 29.1 Å². The molecule has 1 aromatic carbocycles. The van der Waals surface area contributed by atoms with E-state index in [2.05, 4.69) is 45.2 Å². The average molecular weight is 315 g/mol. The second-order valence-electron chi connectivity index (χ2n) is 4.03. The fourth-order valence-corrected chi connectivity index (χ4v) is 2.04. The van der Waals surface area contributed by atoms with Crippen LogP contribution in [0.4, 0.5) is 0 Å². The molecule has 0 heterocycles. The SMILES string of the molecule is CCCCNC(=S)N(C)Cc1ccccc1Br. The second-order valence-corrected chi connectivity index (χ2v) is 5.27. The van der Waals surface area contributed by atoms with Gasteiger partial charge in [0.2, 0.25) is 0 Å². The Hall–Kier alpha value is -0.610. The standard InChI is InChI=1S/C13H19BrN2S/c1-3-4-9-15-13(17)16(2)10-11-7-5-6-8-12(11)14/h5-8H,3-4,9-10H2,1-2H3,(H,15,17). The number of unbranched alkanes of at least 4 members (excludes halogenated alkanes) is 1. The summed E-state index contributed by atoms with van der Waals surface area (Å²) in [5, 5.41) is 4.08. The van der Waals surface area contributed by atoms with Crippen molar-refractivity contribution in [2.75, 3.05) is 13.6 Å². The van der Waals surface area contributed by atoms with Crippen LogP contribution < -0.4 is 5.32 Å². The smallest absolute Gasteiger partial charge is 0.168 e. The van der Waals surface area contributed by atoms with Gasteiger partial charge >= 0.3 is 0 Å². The highest BCUT2D eigenvalue weighted by Crippen LogP contribution is 2.17. The lowest BCUT2D eigenvalue weighted by Gasteiger charge is -2.21. The molecule has 4 heteroatoms. The maximum atomic E-state index is 5.33. The molecule has 0 spiro atoms. The Morgan fingerprint density at radius 1 is 1.41 bits per heavy atom. The van der Waals surface area contributed by atoms with Crippen LogP contribution >= 0.6 is 28.1 Å². The molecular formula is C13H19BrN2S. The number of hydrogen-bond donors (Lipinski definition) is 1. The predicted octanol–water partition coefficient (Wildman–Crippen LogP) is 3.56. The van der Waals surface area contributed by atoms with Crippen molar-refractivity contribution in [2.24, 2.45) is 0 Å². The fraction of sp³-hybridized carbons (Fsp3) is 0.462. The first-order valence-electron chi connectivity index (χ1n) is 5.87. The van der Waals surface area contributed by atoms with Crippen molar-refractivity contribution in [2.45, 2.75) is 26.3 Å². The molecule has 0 aliphatic heterocycles. The topological polar surface area (TPSA) is 15.3 Å². The summed E-state index contributed by atoms with van der Waals surface area (Å²) in [6, 6.07) is 8.22. The van der Waals surface area contributed by atoms with Gasteiger partial charge in [0.25, 0.3) is 0 Å². The van der Waals surface area contributed by atoms with E-state index in [1.807, 2.05) is 19.2 Å². The monoisotopic (exact) mass is 314 g/mol. The van der Waals surface area contributed by atoms with Gasteiger partial charge in [-0.3, -0.25) is 0 Å². The molecular weight excluding hydrogens is 296 g/mol. The highest BCUT2D eigenvalue weighted by Gasteiger charge is 2.06. The van der Waals surface area contributed by atoms with Crippen molar-refractivity contribution < 1.29 is 0 Å². The van der Waals surface area contributed by atoms with Crippen LogP contribution in [0.1, 0.15) is 25.3 Å². The number of rotatable bonds is 5. The van der Waals surface area contributed by atoms with E-state index in [1.165, 1.54) is 12.0 Å². The van der Waals surface area contributed by atoms with Gasteiger partial charge in [-0.15, -0.1) is 0 Å². The van der Waals surface area contributed by atoms with Crippen molar-refractivity contribution >= 4 is 33.3 Å². The molecule has 17 heavy (non-hydrogen) atoms. The van der Waals surface area contributed by atoms with E-state index >= 15 is 0 Å². The summed E-state index contributed by atoms with van der Waals surface area (Å²) in [7, 11) is 2.01. The Kier molecular flexibility index (Phi) is 6.52. The van der Waals surface area contributed by atoms with Crippen LogP contribution in [0.15, 0.2) is 28.7 Å². The lowest BCUT2D eigenvalue weighted by molar-refractivity contribution is 0.486. The molecule has 0 radical (unpaired) electrons. The number of benzene rings is 1. The van der Waals surface area contributed by atoms with Crippen LogP contribution in [0.5, 0.6) is 0 Å². The van der Waals surface area contributed by atoms with Crippen molar-refractivity contribution in [1.29, 1.82) is 0 Å². The van der Waals surface area contributed by atoms with Gasteiger partial charge < -0.3 is 10.2 Å². The Bertz CT molecular complexity index is 368. The van der Waals surface area contributed by atoms with Crippen LogP contribution in [-0.4, -0.2) is 23.6 Å². The van der Waals surface area contributed by atoms with Gasteiger partial charge in [0.15, 0.2) is 5.11 Å². The van der Waals surface area contributed by atoms with Gasteiger partial charge in [0.05, 0.1) is 0 Å². The largest absolute Gasteiger partial charge is 0.363 e. The van der Waals surface area contributed by atoms with E-state index in [1.54, 1.807) is 0 Å². The molecule has 0 saturated carbocycles. The minimum Gasteiger partial charge on any atom is -0.363 e. The van der Waals surface area contributed by atoms with Crippen molar-refractivity contribution in [3.63, 3.8) is 0 Å². The molecule has 0 aliphatic carbocycles. The van der Waals surface area contributed by atoms with Crippen LogP contribution in [0.2, 0.25) is 0 Å². The maximum absolute atomic E-state index is 5.33. The van der Waals surface area contributed by atoms with Gasteiger partial charge in [0.1, 0.15) is 0 Å². The molecule has 1 aromatic rings. The first-order valence-corrected chi connectivity index (χ1v) is 7.07. The summed E-state index contributed by atoms with van der Waals surface area (Å²) < 4.78 is 1.13. The zero-order chi connectivity index (χ0) is 12.7. The molecule has 0 bridgehead atoms. The molecule has 1 N–H and O–H groups in total. The van der Waals surface area contributed by atoms with E-state index < -0.39 is 0 Å². The second kappa shape index (κ2) is 7.67. The number of halogens is 1. The zero-order valence-corrected chi connectivity index (χ0v) is 12.8. The summed E-state index contributed by atoms with van der Waals surface area (Å²) in [5.74, 6) is 0. The summed E-state index contributed by atoms with van der Waals surface area (Å²) in [4.78, 5) is 2.06. The summed E-state index contributed by atoms with van der Waals surface area (Å²) in [5.41, 5.74) is 1.25. The minimum absolute atomic E-state index is 0.814. The third-order valence-electron chi connectivity index (χ3n) is 2.52. The van der Waals surface area contributed by atoms with Crippen LogP contribution in [-0.2, 0) is 6.54 Å². The van der Waals surface area contributed by atoms with Gasteiger partial charge in [0, 0.05) is 24.6 Å². The van der Waals surface area contributed by atoms with E-state index in [0.29, 0.717) is 0 Å². The molecule has 94 valence electrons.